The number of likely N-dealkylation sites (tertiary alicyclic amines) is 1. The molecule has 3 heteroatoms. The highest BCUT2D eigenvalue weighted by Gasteiger charge is 2.22. The molecule has 18 heavy (non-hydrogen) atoms. The zero-order valence-corrected chi connectivity index (χ0v) is 12.6. The zero-order chi connectivity index (χ0) is 13.2. The van der Waals surface area contributed by atoms with Crippen molar-refractivity contribution in [1.82, 2.24) is 10.2 Å². The monoisotopic (exact) mass is 256 g/mol. The Hall–Kier alpha value is -0.120. The molecule has 0 aliphatic carbocycles. The van der Waals surface area contributed by atoms with Crippen LogP contribution in [-0.4, -0.2) is 50.8 Å². The van der Waals surface area contributed by atoms with E-state index in [1.165, 1.54) is 51.7 Å². The first kappa shape index (κ1) is 15.9. The number of hydrogen-bond acceptors (Lipinski definition) is 3. The maximum atomic E-state index is 5.30. The van der Waals surface area contributed by atoms with Gasteiger partial charge in [0, 0.05) is 19.7 Å². The molecule has 0 amide bonds. The third-order valence-corrected chi connectivity index (χ3v) is 3.98. The highest BCUT2D eigenvalue weighted by Crippen LogP contribution is 2.20. The van der Waals surface area contributed by atoms with Crippen LogP contribution in [0, 0.1) is 5.92 Å². The smallest absolute Gasteiger partial charge is 0.0502 e. The number of nitrogens with one attached hydrogen (secondary N) is 1. The summed E-state index contributed by atoms with van der Waals surface area (Å²) in [6, 6.07) is 0.730. The van der Waals surface area contributed by atoms with Crippen LogP contribution in [0.1, 0.15) is 46.0 Å². The highest BCUT2D eigenvalue weighted by atomic mass is 16.5. The Morgan fingerprint density at radius 3 is 2.94 bits per heavy atom. The third-order valence-electron chi connectivity index (χ3n) is 3.98. The molecule has 0 saturated carbocycles. The molecule has 1 aliphatic heterocycles. The van der Waals surface area contributed by atoms with Gasteiger partial charge in [-0.3, -0.25) is 0 Å². The molecule has 108 valence electrons. The second-order valence-electron chi connectivity index (χ2n) is 5.70. The van der Waals surface area contributed by atoms with Crippen LogP contribution in [0.4, 0.5) is 0 Å². The Balaban J connectivity index is 2.13. The topological polar surface area (TPSA) is 24.5 Å². The van der Waals surface area contributed by atoms with Gasteiger partial charge < -0.3 is 15.0 Å². The van der Waals surface area contributed by atoms with E-state index in [0.717, 1.165) is 25.1 Å². The summed E-state index contributed by atoms with van der Waals surface area (Å²) in [5, 5.41) is 3.48. The lowest BCUT2D eigenvalue weighted by Crippen LogP contribution is -2.42. The third kappa shape index (κ3) is 6.17. The Labute approximate surface area is 113 Å². The molecule has 1 saturated heterocycles. The van der Waals surface area contributed by atoms with Gasteiger partial charge >= 0.3 is 0 Å². The predicted molar refractivity (Wildman–Crippen MR) is 78.0 cm³/mol. The van der Waals surface area contributed by atoms with Gasteiger partial charge in [0.15, 0.2) is 0 Å². The first-order valence-electron chi connectivity index (χ1n) is 7.71. The van der Waals surface area contributed by atoms with Crippen molar-refractivity contribution in [2.45, 2.75) is 52.0 Å². The molecule has 1 aliphatic rings. The van der Waals surface area contributed by atoms with Crippen LogP contribution in [0.15, 0.2) is 0 Å². The van der Waals surface area contributed by atoms with Crippen molar-refractivity contribution in [2.75, 3.05) is 39.9 Å². The van der Waals surface area contributed by atoms with E-state index in [4.69, 9.17) is 4.74 Å². The molecule has 0 radical (unpaired) electrons. The molecule has 1 fully saturated rings. The van der Waals surface area contributed by atoms with E-state index in [0.29, 0.717) is 0 Å². The fourth-order valence-corrected chi connectivity index (χ4v) is 2.88. The maximum absolute atomic E-state index is 5.30. The van der Waals surface area contributed by atoms with Crippen molar-refractivity contribution in [3.05, 3.63) is 0 Å². The number of hydrogen-bond donors (Lipinski definition) is 1. The van der Waals surface area contributed by atoms with Gasteiger partial charge in [0.05, 0.1) is 6.61 Å². The molecule has 0 spiro atoms. The van der Waals surface area contributed by atoms with E-state index in [-0.39, 0.29) is 0 Å². The molecule has 1 rings (SSSR count). The molecule has 1 N–H and O–H groups in total. The van der Waals surface area contributed by atoms with Gasteiger partial charge in [-0.2, -0.15) is 0 Å². The lowest BCUT2D eigenvalue weighted by molar-refractivity contribution is 0.0697. The van der Waals surface area contributed by atoms with Gasteiger partial charge in [-0.1, -0.05) is 6.92 Å². The summed E-state index contributed by atoms with van der Waals surface area (Å²) in [5.74, 6) is 0.754. The van der Waals surface area contributed by atoms with Gasteiger partial charge in [-0.05, 0) is 64.6 Å². The maximum Gasteiger partial charge on any atom is 0.0502 e. The van der Waals surface area contributed by atoms with Crippen LogP contribution >= 0.6 is 0 Å². The van der Waals surface area contributed by atoms with E-state index in [1.54, 1.807) is 0 Å². The molecule has 1 heterocycles. The summed E-state index contributed by atoms with van der Waals surface area (Å²) in [6.07, 6.45) is 6.53. The predicted octanol–water partition coefficient (Wildman–Crippen LogP) is 2.51. The van der Waals surface area contributed by atoms with Crippen LogP contribution in [0.5, 0.6) is 0 Å². The Kier molecular flexibility index (Phi) is 8.64. The molecule has 0 aromatic rings. The minimum atomic E-state index is 0.730. The average molecular weight is 256 g/mol. The van der Waals surface area contributed by atoms with Gasteiger partial charge in [0.25, 0.3) is 0 Å². The van der Waals surface area contributed by atoms with Crippen molar-refractivity contribution < 1.29 is 4.74 Å². The summed E-state index contributed by atoms with van der Waals surface area (Å²) >= 11 is 0. The number of piperidine rings is 1. The Bertz CT molecular complexity index is 197. The molecule has 0 aromatic heterocycles. The average Bonchev–Trinajstić information content (AvgIpc) is 2.39. The summed E-state index contributed by atoms with van der Waals surface area (Å²) in [5.41, 5.74) is 0. The van der Waals surface area contributed by atoms with Crippen molar-refractivity contribution >= 4 is 0 Å². The van der Waals surface area contributed by atoms with E-state index in [1.807, 2.05) is 7.11 Å². The van der Waals surface area contributed by atoms with Crippen LogP contribution in [0.25, 0.3) is 0 Å². The SMILES string of the molecule is CCCNCCCC(C)N1CCCC(COC)C1. The number of ether oxygens (including phenoxy) is 1. The summed E-state index contributed by atoms with van der Waals surface area (Å²) in [6.45, 7) is 10.4. The van der Waals surface area contributed by atoms with E-state index >= 15 is 0 Å². The quantitative estimate of drug-likeness (QED) is 0.642. The molecule has 0 bridgehead atoms. The van der Waals surface area contributed by atoms with Crippen molar-refractivity contribution in [3.8, 4) is 0 Å². The van der Waals surface area contributed by atoms with E-state index < -0.39 is 0 Å². The Morgan fingerprint density at radius 1 is 1.39 bits per heavy atom. The molecule has 0 aromatic carbocycles. The normalized spacial score (nSPS) is 23.2. The molecular weight excluding hydrogens is 224 g/mol. The fraction of sp³-hybridized carbons (Fsp3) is 1.00. The first-order valence-corrected chi connectivity index (χ1v) is 7.71. The van der Waals surface area contributed by atoms with Crippen LogP contribution < -0.4 is 5.32 Å². The van der Waals surface area contributed by atoms with Crippen LogP contribution in [0.3, 0.4) is 0 Å². The largest absolute Gasteiger partial charge is 0.384 e. The zero-order valence-electron chi connectivity index (χ0n) is 12.6. The number of rotatable bonds is 9. The minimum Gasteiger partial charge on any atom is -0.384 e. The van der Waals surface area contributed by atoms with Crippen molar-refractivity contribution in [3.63, 3.8) is 0 Å². The second-order valence-corrected chi connectivity index (χ2v) is 5.70. The first-order chi connectivity index (χ1) is 8.77. The van der Waals surface area contributed by atoms with E-state index in [2.05, 4.69) is 24.1 Å². The molecule has 3 nitrogen and oxygen atoms in total. The van der Waals surface area contributed by atoms with Gasteiger partial charge in [-0.25, -0.2) is 0 Å². The summed E-state index contributed by atoms with van der Waals surface area (Å²) in [7, 11) is 1.82. The van der Waals surface area contributed by atoms with Gasteiger partial charge in [0.1, 0.15) is 0 Å². The molecule has 2 atom stereocenters. The number of methoxy groups -OCH3 is 1. The van der Waals surface area contributed by atoms with Crippen LogP contribution in [0.2, 0.25) is 0 Å². The fourth-order valence-electron chi connectivity index (χ4n) is 2.88. The van der Waals surface area contributed by atoms with Crippen molar-refractivity contribution in [1.29, 1.82) is 0 Å². The highest BCUT2D eigenvalue weighted by molar-refractivity contribution is 4.77. The van der Waals surface area contributed by atoms with Gasteiger partial charge in [0.2, 0.25) is 0 Å². The lowest BCUT2D eigenvalue weighted by atomic mass is 9.97. The van der Waals surface area contributed by atoms with Crippen LogP contribution in [-0.2, 0) is 4.74 Å². The van der Waals surface area contributed by atoms with E-state index in [9.17, 15) is 0 Å². The minimum absolute atomic E-state index is 0.730. The lowest BCUT2D eigenvalue weighted by Gasteiger charge is -2.36. The summed E-state index contributed by atoms with van der Waals surface area (Å²) in [4.78, 5) is 2.66. The standard InChI is InChI=1S/C15H32N2O/c1-4-9-16-10-5-7-14(2)17-11-6-8-15(12-17)13-18-3/h14-16H,4-13H2,1-3H3. The van der Waals surface area contributed by atoms with Gasteiger partial charge in [-0.15, -0.1) is 0 Å². The number of nitrogens with zero attached hydrogens (tertiary/aromatic N) is 1. The summed E-state index contributed by atoms with van der Waals surface area (Å²) < 4.78 is 5.30. The molecule has 2 unspecified atom stereocenters. The second kappa shape index (κ2) is 9.76. The Morgan fingerprint density at radius 2 is 2.22 bits per heavy atom. The molecular formula is C15H32N2O. The van der Waals surface area contributed by atoms with Crippen molar-refractivity contribution in [2.24, 2.45) is 5.92 Å².